The second-order valence-corrected chi connectivity index (χ2v) is 9.01. The van der Waals surface area contributed by atoms with Gasteiger partial charge in [0.1, 0.15) is 6.10 Å². The number of hydrogen-bond acceptors (Lipinski definition) is 7. The van der Waals surface area contributed by atoms with E-state index in [-0.39, 0.29) is 0 Å². The number of amides is 4. The van der Waals surface area contributed by atoms with E-state index in [1.165, 1.54) is 20.3 Å². The lowest BCUT2D eigenvalue weighted by Gasteiger charge is -2.21. The van der Waals surface area contributed by atoms with Gasteiger partial charge in [0.15, 0.2) is 11.5 Å². The number of aliphatic carboxylic acids is 1. The predicted octanol–water partition coefficient (Wildman–Crippen LogP) is 3.68. The highest BCUT2D eigenvalue weighted by atomic mass is 16.5. The molecule has 3 aromatic rings. The molecule has 4 amide bonds. The molecule has 0 aromatic heterocycles. The average Bonchev–Trinajstić information content (AvgIpc) is 2.94. The van der Waals surface area contributed by atoms with Gasteiger partial charge in [-0.25, -0.2) is 4.79 Å². The number of carbonyl (C=O) groups excluding carboxylic acids is 3. The lowest BCUT2D eigenvalue weighted by Crippen LogP contribution is -2.39. The third-order valence-electron chi connectivity index (χ3n) is 6.01. The number of hydrogen-bond donors (Lipinski definition) is 6. The first-order chi connectivity index (χ1) is 19.6. The van der Waals surface area contributed by atoms with Crippen LogP contribution in [0.1, 0.15) is 30.0 Å². The molecule has 12 nitrogen and oxygen atoms in total. The minimum atomic E-state index is -1.74. The summed E-state index contributed by atoms with van der Waals surface area (Å²) in [6.07, 6.45) is -2.78. The van der Waals surface area contributed by atoms with Gasteiger partial charge in [-0.2, -0.15) is 0 Å². The number of benzene rings is 3. The van der Waals surface area contributed by atoms with Gasteiger partial charge in [0, 0.05) is 17.1 Å². The van der Waals surface area contributed by atoms with Crippen LogP contribution in [0, 0.1) is 6.92 Å². The number of aryl methyl sites for hydroxylation is 1. The van der Waals surface area contributed by atoms with Crippen molar-refractivity contribution in [2.75, 3.05) is 30.2 Å². The summed E-state index contributed by atoms with van der Waals surface area (Å²) < 4.78 is 10.4. The molecule has 41 heavy (non-hydrogen) atoms. The third kappa shape index (κ3) is 8.97. The monoisotopic (exact) mass is 564 g/mol. The number of nitrogens with one attached hydrogen (secondary N) is 4. The van der Waals surface area contributed by atoms with E-state index < -0.39 is 48.8 Å². The molecule has 12 heteroatoms. The summed E-state index contributed by atoms with van der Waals surface area (Å²) in [5.74, 6) is -1.99. The van der Waals surface area contributed by atoms with Crippen LogP contribution in [-0.4, -0.2) is 54.4 Å². The maximum absolute atomic E-state index is 12.6. The maximum atomic E-state index is 12.6. The van der Waals surface area contributed by atoms with Crippen LogP contribution in [0.2, 0.25) is 0 Å². The van der Waals surface area contributed by atoms with Gasteiger partial charge < -0.3 is 41.0 Å². The summed E-state index contributed by atoms with van der Waals surface area (Å²) in [5.41, 5.74) is 2.86. The van der Waals surface area contributed by atoms with Crippen LogP contribution in [0.15, 0.2) is 66.7 Å². The van der Waals surface area contributed by atoms with E-state index in [1.54, 1.807) is 42.5 Å². The number of rotatable bonds is 12. The zero-order valence-electron chi connectivity index (χ0n) is 22.8. The van der Waals surface area contributed by atoms with E-state index in [2.05, 4.69) is 21.3 Å². The van der Waals surface area contributed by atoms with Crippen LogP contribution in [0.4, 0.5) is 21.9 Å². The van der Waals surface area contributed by atoms with Crippen molar-refractivity contribution in [2.45, 2.75) is 31.9 Å². The molecule has 0 saturated heterocycles. The molecular formula is C29H32N4O8. The Labute approximate surface area is 236 Å². The molecule has 0 unspecified atom stereocenters. The summed E-state index contributed by atoms with van der Waals surface area (Å²) >= 11 is 0. The largest absolute Gasteiger partial charge is 0.493 e. The lowest BCUT2D eigenvalue weighted by atomic mass is 10.0. The van der Waals surface area contributed by atoms with Gasteiger partial charge >= 0.3 is 12.0 Å². The summed E-state index contributed by atoms with van der Waals surface area (Å²) in [7, 11) is 2.87. The Morgan fingerprint density at radius 1 is 0.805 bits per heavy atom. The van der Waals surface area contributed by atoms with Crippen molar-refractivity contribution in [3.8, 4) is 11.5 Å². The van der Waals surface area contributed by atoms with Crippen LogP contribution < -0.4 is 30.7 Å². The van der Waals surface area contributed by atoms with Crippen LogP contribution in [-0.2, 0) is 14.4 Å². The van der Waals surface area contributed by atoms with Crippen molar-refractivity contribution < 1.29 is 38.9 Å². The molecule has 0 aliphatic heterocycles. The van der Waals surface area contributed by atoms with Gasteiger partial charge in [-0.05, 0) is 60.5 Å². The Balaban J connectivity index is 1.55. The van der Waals surface area contributed by atoms with E-state index in [0.717, 1.165) is 5.56 Å². The van der Waals surface area contributed by atoms with Crippen LogP contribution >= 0.6 is 0 Å². The number of aliphatic hydroxyl groups is 1. The zero-order chi connectivity index (χ0) is 29.9. The topological polar surface area (TPSA) is 175 Å². The number of para-hydroxylation sites is 1. The highest BCUT2D eigenvalue weighted by Gasteiger charge is 2.25. The van der Waals surface area contributed by atoms with Gasteiger partial charge in [0.05, 0.1) is 33.1 Å². The fourth-order valence-electron chi connectivity index (χ4n) is 3.88. The number of carboxylic acid groups (broad SMARTS) is 1. The molecule has 0 aliphatic rings. The third-order valence-corrected chi connectivity index (χ3v) is 6.01. The average molecular weight is 565 g/mol. The van der Waals surface area contributed by atoms with E-state index in [0.29, 0.717) is 34.1 Å². The normalized spacial score (nSPS) is 11.9. The van der Waals surface area contributed by atoms with Gasteiger partial charge in [0.25, 0.3) is 0 Å². The number of methoxy groups -OCH3 is 2. The molecule has 0 bridgehead atoms. The van der Waals surface area contributed by atoms with E-state index in [4.69, 9.17) is 9.47 Å². The van der Waals surface area contributed by atoms with Crippen LogP contribution in [0.25, 0.3) is 0 Å². The predicted molar refractivity (Wildman–Crippen MR) is 152 cm³/mol. The number of carboxylic acids is 1. The van der Waals surface area contributed by atoms with Gasteiger partial charge in [0.2, 0.25) is 11.8 Å². The fourth-order valence-corrected chi connectivity index (χ4v) is 3.88. The molecule has 6 N–H and O–H groups in total. The van der Waals surface area contributed by atoms with Crippen molar-refractivity contribution >= 4 is 40.9 Å². The highest BCUT2D eigenvalue weighted by molar-refractivity contribution is 6.00. The SMILES string of the molecule is COc1ccc([C@H](CC(=O)O)NC(=O)[C@H](O)CC(=O)Nc2ccc(NC(=O)Nc3ccccc3C)cc2)cc1OC. The standard InChI is InChI=1S/C29H32N4O8/c1-17-6-4-5-7-21(17)33-29(39)31-20-11-9-19(10-12-20)30-26(35)16-23(34)28(38)32-22(15-27(36)37)18-8-13-24(40-2)25(14-18)41-3/h4-14,22-23,34H,15-16H2,1-3H3,(H,30,35)(H,32,38)(H,36,37)(H2,31,33,39)/t22-,23+/m0/s1. The van der Waals surface area contributed by atoms with Crippen molar-refractivity contribution in [1.29, 1.82) is 0 Å². The van der Waals surface area contributed by atoms with Crippen molar-refractivity contribution in [2.24, 2.45) is 0 Å². The Kier molecular flexibility index (Phi) is 10.6. The van der Waals surface area contributed by atoms with Gasteiger partial charge in [-0.3, -0.25) is 14.4 Å². The van der Waals surface area contributed by atoms with Crippen LogP contribution in [0.3, 0.4) is 0 Å². The quantitative estimate of drug-likeness (QED) is 0.193. The Bertz CT molecular complexity index is 1390. The van der Waals surface area contributed by atoms with Crippen LogP contribution in [0.5, 0.6) is 11.5 Å². The summed E-state index contributed by atoms with van der Waals surface area (Å²) in [6, 6.07) is 16.8. The molecule has 0 radical (unpaired) electrons. The summed E-state index contributed by atoms with van der Waals surface area (Å²) in [6.45, 7) is 1.88. The first-order valence-corrected chi connectivity index (χ1v) is 12.5. The summed E-state index contributed by atoms with van der Waals surface area (Å²) in [4.78, 5) is 48.8. The lowest BCUT2D eigenvalue weighted by molar-refractivity contribution is -0.138. The fraction of sp³-hybridized carbons (Fsp3) is 0.241. The molecule has 0 saturated carbocycles. The van der Waals surface area contributed by atoms with Crippen molar-refractivity contribution in [3.05, 3.63) is 77.9 Å². The van der Waals surface area contributed by atoms with Gasteiger partial charge in [-0.1, -0.05) is 24.3 Å². The second kappa shape index (κ2) is 14.3. The van der Waals surface area contributed by atoms with E-state index in [1.807, 2.05) is 25.1 Å². The minimum Gasteiger partial charge on any atom is -0.493 e. The second-order valence-electron chi connectivity index (χ2n) is 9.01. The van der Waals surface area contributed by atoms with E-state index in [9.17, 15) is 29.4 Å². The maximum Gasteiger partial charge on any atom is 0.323 e. The van der Waals surface area contributed by atoms with Crippen molar-refractivity contribution in [1.82, 2.24) is 5.32 Å². The molecule has 2 atom stereocenters. The summed E-state index contributed by atoms with van der Waals surface area (Å²) in [5, 5.41) is 30.2. The molecule has 0 heterocycles. The molecule has 0 spiro atoms. The molecular weight excluding hydrogens is 532 g/mol. The molecule has 0 fully saturated rings. The zero-order valence-corrected chi connectivity index (χ0v) is 22.8. The van der Waals surface area contributed by atoms with Crippen molar-refractivity contribution in [3.63, 3.8) is 0 Å². The molecule has 3 aromatic carbocycles. The van der Waals surface area contributed by atoms with Gasteiger partial charge in [-0.15, -0.1) is 0 Å². The number of urea groups is 1. The van der Waals surface area contributed by atoms with E-state index >= 15 is 0 Å². The first-order valence-electron chi connectivity index (χ1n) is 12.5. The smallest absolute Gasteiger partial charge is 0.323 e. The number of ether oxygens (including phenoxy) is 2. The number of anilines is 3. The minimum absolute atomic E-state index is 0.336. The Hall–Kier alpha value is -5.10. The molecule has 0 aliphatic carbocycles. The number of carbonyl (C=O) groups is 4. The Morgan fingerprint density at radius 2 is 1.44 bits per heavy atom. The molecule has 216 valence electrons. The molecule has 3 rings (SSSR count). The first kappa shape index (κ1) is 30.4. The Morgan fingerprint density at radius 3 is 2.05 bits per heavy atom. The number of aliphatic hydroxyl groups excluding tert-OH is 1. The highest BCUT2D eigenvalue weighted by Crippen LogP contribution is 2.31.